The Hall–Kier alpha value is -4.24. The molecule has 39 heavy (non-hydrogen) atoms. The third kappa shape index (κ3) is 6.26. The molecule has 3 aromatic heterocycles. The Morgan fingerprint density at radius 1 is 1.13 bits per heavy atom. The lowest BCUT2D eigenvalue weighted by molar-refractivity contribution is -0.143. The number of hydrogen-bond acceptors (Lipinski definition) is 8. The molecule has 0 atom stereocenters. The highest BCUT2D eigenvalue weighted by molar-refractivity contribution is 5.95. The van der Waals surface area contributed by atoms with Crippen molar-refractivity contribution in [2.45, 2.75) is 32.1 Å². The van der Waals surface area contributed by atoms with Crippen LogP contribution in [-0.2, 0) is 9.53 Å². The van der Waals surface area contributed by atoms with E-state index in [0.717, 1.165) is 49.1 Å². The molecule has 4 aromatic rings. The number of carbonyl (C=O) groups is 1. The van der Waals surface area contributed by atoms with E-state index >= 15 is 0 Å². The number of esters is 1. The van der Waals surface area contributed by atoms with Gasteiger partial charge < -0.3 is 24.7 Å². The summed E-state index contributed by atoms with van der Waals surface area (Å²) in [7, 11) is 1.60. The molecule has 1 aliphatic heterocycles. The van der Waals surface area contributed by atoms with E-state index in [9.17, 15) is 9.59 Å². The normalized spacial score (nSPS) is 14.3. The monoisotopic (exact) mass is 527 g/mol. The first-order valence-corrected chi connectivity index (χ1v) is 13.3. The van der Waals surface area contributed by atoms with E-state index in [4.69, 9.17) is 14.5 Å². The van der Waals surface area contributed by atoms with E-state index in [1.54, 1.807) is 25.7 Å². The van der Waals surface area contributed by atoms with Gasteiger partial charge in [-0.25, -0.2) is 4.98 Å². The Balaban J connectivity index is 1.31. The minimum atomic E-state index is -0.204. The molecule has 0 spiro atoms. The molecule has 0 saturated carbocycles. The molecule has 0 unspecified atom stereocenters. The van der Waals surface area contributed by atoms with Crippen molar-refractivity contribution in [3.8, 4) is 17.0 Å². The molecule has 1 saturated heterocycles. The van der Waals surface area contributed by atoms with Crippen LogP contribution >= 0.6 is 0 Å². The zero-order chi connectivity index (χ0) is 27.2. The van der Waals surface area contributed by atoms with Crippen LogP contribution in [0.4, 0.5) is 11.5 Å². The first-order chi connectivity index (χ1) is 19.0. The number of aromatic nitrogens is 3. The molecule has 1 aromatic carbocycles. The maximum absolute atomic E-state index is 12.7. The molecule has 0 aliphatic carbocycles. The first-order valence-electron chi connectivity index (χ1n) is 13.3. The third-order valence-electron chi connectivity index (χ3n) is 7.17. The van der Waals surface area contributed by atoms with E-state index in [-0.39, 0.29) is 11.5 Å². The lowest BCUT2D eigenvalue weighted by Crippen LogP contribution is -2.34. The van der Waals surface area contributed by atoms with Crippen LogP contribution in [-0.4, -0.2) is 59.2 Å². The number of fused-ring (bicyclic) bond motifs is 1. The molecular formula is C30H33N5O4. The van der Waals surface area contributed by atoms with Gasteiger partial charge in [0.15, 0.2) is 0 Å². The first kappa shape index (κ1) is 26.4. The number of carbonyl (C=O) groups excluding carboxylic acids is 1. The summed E-state index contributed by atoms with van der Waals surface area (Å²) in [4.78, 5) is 38.5. The molecule has 5 rings (SSSR count). The standard InChI is InChI=1S/C30H33N5O4/c1-3-39-27(36)11-15-35-13-9-21(10-14-35)20-4-6-24(7-5-20)33-29-28-22(8-12-32-30(28)37)17-26(34-29)23-16-25(38-2)19-31-18-23/h4-8,12,16-19,21H,3,9-11,13-15H2,1-2H3,(H,32,37)(H,33,34). The van der Waals surface area contributed by atoms with Gasteiger partial charge >= 0.3 is 5.97 Å². The van der Waals surface area contributed by atoms with Gasteiger partial charge in [-0.05, 0) is 80.1 Å². The van der Waals surface area contributed by atoms with Gasteiger partial charge in [0.05, 0.1) is 37.4 Å². The number of piperidine rings is 1. The summed E-state index contributed by atoms with van der Waals surface area (Å²) in [5.74, 6) is 1.46. The number of ether oxygens (including phenoxy) is 2. The van der Waals surface area contributed by atoms with E-state index in [2.05, 4.69) is 32.3 Å². The highest BCUT2D eigenvalue weighted by atomic mass is 16.5. The summed E-state index contributed by atoms with van der Waals surface area (Å²) >= 11 is 0. The fourth-order valence-electron chi connectivity index (χ4n) is 5.07. The SMILES string of the molecule is CCOC(=O)CCN1CCC(c2ccc(Nc3nc(-c4cncc(OC)c4)cc4cc[nH]c(=O)c34)cc2)CC1. The Morgan fingerprint density at radius 2 is 1.92 bits per heavy atom. The number of benzene rings is 1. The predicted octanol–water partition coefficient (Wildman–Crippen LogP) is 4.87. The molecular weight excluding hydrogens is 494 g/mol. The average Bonchev–Trinajstić information content (AvgIpc) is 2.97. The fraction of sp³-hybridized carbons (Fsp3) is 0.333. The van der Waals surface area contributed by atoms with E-state index in [0.29, 0.717) is 41.6 Å². The van der Waals surface area contributed by atoms with Crippen LogP contribution in [0.15, 0.2) is 65.8 Å². The predicted molar refractivity (Wildman–Crippen MR) is 152 cm³/mol. The number of methoxy groups -OCH3 is 1. The second kappa shape index (κ2) is 12.1. The van der Waals surface area contributed by atoms with E-state index < -0.39 is 0 Å². The zero-order valence-electron chi connectivity index (χ0n) is 22.3. The molecule has 1 fully saturated rings. The topological polar surface area (TPSA) is 109 Å². The third-order valence-corrected chi connectivity index (χ3v) is 7.17. The number of pyridine rings is 3. The van der Waals surface area contributed by atoms with Gasteiger partial charge in [-0.2, -0.15) is 0 Å². The summed E-state index contributed by atoms with van der Waals surface area (Å²) in [5.41, 5.74) is 3.42. The summed E-state index contributed by atoms with van der Waals surface area (Å²) < 4.78 is 10.4. The van der Waals surface area contributed by atoms with Crippen LogP contribution in [0.25, 0.3) is 22.0 Å². The molecule has 9 nitrogen and oxygen atoms in total. The molecule has 4 heterocycles. The molecule has 1 aliphatic rings. The van der Waals surface area contributed by atoms with Crippen LogP contribution in [0.2, 0.25) is 0 Å². The van der Waals surface area contributed by atoms with Crippen molar-refractivity contribution in [2.24, 2.45) is 0 Å². The van der Waals surface area contributed by atoms with Crippen molar-refractivity contribution >= 4 is 28.2 Å². The van der Waals surface area contributed by atoms with Crippen LogP contribution in [0.5, 0.6) is 5.75 Å². The van der Waals surface area contributed by atoms with Gasteiger partial charge in [0.2, 0.25) is 0 Å². The zero-order valence-corrected chi connectivity index (χ0v) is 22.3. The lowest BCUT2D eigenvalue weighted by Gasteiger charge is -2.32. The number of rotatable bonds is 9. The van der Waals surface area contributed by atoms with E-state index in [1.165, 1.54) is 5.56 Å². The van der Waals surface area contributed by atoms with Crippen molar-refractivity contribution in [2.75, 3.05) is 38.7 Å². The Kier molecular flexibility index (Phi) is 8.17. The molecule has 2 N–H and O–H groups in total. The second-order valence-corrected chi connectivity index (χ2v) is 9.66. The average molecular weight is 528 g/mol. The van der Waals surface area contributed by atoms with Crippen LogP contribution in [0.3, 0.4) is 0 Å². The number of likely N-dealkylation sites (tertiary alicyclic amines) is 1. The number of hydrogen-bond donors (Lipinski definition) is 2. The van der Waals surface area contributed by atoms with Crippen molar-refractivity contribution in [3.63, 3.8) is 0 Å². The van der Waals surface area contributed by atoms with Gasteiger partial charge in [-0.1, -0.05) is 12.1 Å². The fourth-order valence-corrected chi connectivity index (χ4v) is 5.07. The number of nitrogens with one attached hydrogen (secondary N) is 2. The van der Waals surface area contributed by atoms with Crippen molar-refractivity contribution in [1.82, 2.24) is 19.9 Å². The number of aromatic amines is 1. The minimum absolute atomic E-state index is 0.127. The number of H-pyrrole nitrogens is 1. The van der Waals surface area contributed by atoms with Gasteiger partial charge in [0.25, 0.3) is 5.56 Å². The van der Waals surface area contributed by atoms with Gasteiger partial charge in [0, 0.05) is 30.2 Å². The summed E-state index contributed by atoms with van der Waals surface area (Å²) in [6.45, 7) is 4.95. The van der Waals surface area contributed by atoms with Gasteiger partial charge in [-0.3, -0.25) is 14.6 Å². The van der Waals surface area contributed by atoms with Crippen LogP contribution in [0, 0.1) is 0 Å². The minimum Gasteiger partial charge on any atom is -0.495 e. The van der Waals surface area contributed by atoms with Crippen LogP contribution < -0.4 is 15.6 Å². The largest absolute Gasteiger partial charge is 0.495 e. The van der Waals surface area contributed by atoms with E-state index in [1.807, 2.05) is 37.3 Å². The van der Waals surface area contributed by atoms with Crippen LogP contribution in [0.1, 0.15) is 37.7 Å². The molecule has 0 radical (unpaired) electrons. The van der Waals surface area contributed by atoms with Gasteiger partial charge in [-0.15, -0.1) is 0 Å². The van der Waals surface area contributed by atoms with Crippen molar-refractivity contribution in [3.05, 3.63) is 77.0 Å². The summed E-state index contributed by atoms with van der Waals surface area (Å²) in [6.07, 6.45) is 7.55. The number of nitrogens with zero attached hydrogens (tertiary/aromatic N) is 3. The summed E-state index contributed by atoms with van der Waals surface area (Å²) in [5, 5.41) is 4.64. The summed E-state index contributed by atoms with van der Waals surface area (Å²) in [6, 6.07) is 14.0. The highest BCUT2D eigenvalue weighted by Crippen LogP contribution is 2.31. The number of anilines is 2. The van der Waals surface area contributed by atoms with Crippen molar-refractivity contribution < 1.29 is 14.3 Å². The van der Waals surface area contributed by atoms with Crippen molar-refractivity contribution in [1.29, 1.82) is 0 Å². The Bertz CT molecular complexity index is 1490. The highest BCUT2D eigenvalue weighted by Gasteiger charge is 2.21. The maximum atomic E-state index is 12.7. The molecule has 9 heteroatoms. The smallest absolute Gasteiger partial charge is 0.307 e. The lowest BCUT2D eigenvalue weighted by atomic mass is 9.89. The second-order valence-electron chi connectivity index (χ2n) is 9.66. The molecule has 0 bridgehead atoms. The van der Waals surface area contributed by atoms with Gasteiger partial charge in [0.1, 0.15) is 11.6 Å². The molecule has 0 amide bonds. The molecule has 202 valence electrons. The Labute approximate surface area is 227 Å². The quantitative estimate of drug-likeness (QED) is 0.297. The Morgan fingerprint density at radius 3 is 2.67 bits per heavy atom. The maximum Gasteiger partial charge on any atom is 0.307 e.